The summed E-state index contributed by atoms with van der Waals surface area (Å²) in [6, 6.07) is 7.76. The number of carbonyl (C=O) groups is 2. The zero-order valence-electron chi connectivity index (χ0n) is 10.3. The number of thioether (sulfide) groups is 1. The standard InChI is InChI=1S/C13H16N2O2S/c1-18-13(17)14-9-10-4-2-5-11(8-10)15-7-3-6-12(15)16/h2,4-5,8H,3,6-7,9H2,1H3,(H,14,17). The third kappa shape index (κ3) is 3.04. The summed E-state index contributed by atoms with van der Waals surface area (Å²) in [7, 11) is 0. The van der Waals surface area contributed by atoms with Gasteiger partial charge in [0.05, 0.1) is 0 Å². The smallest absolute Gasteiger partial charge is 0.279 e. The van der Waals surface area contributed by atoms with Crippen LogP contribution in [0.4, 0.5) is 10.5 Å². The quantitative estimate of drug-likeness (QED) is 0.912. The molecule has 0 aromatic heterocycles. The van der Waals surface area contributed by atoms with E-state index in [-0.39, 0.29) is 11.1 Å². The lowest BCUT2D eigenvalue weighted by atomic mass is 10.2. The van der Waals surface area contributed by atoms with Gasteiger partial charge in [0.15, 0.2) is 0 Å². The van der Waals surface area contributed by atoms with Gasteiger partial charge < -0.3 is 10.2 Å². The molecule has 0 spiro atoms. The lowest BCUT2D eigenvalue weighted by molar-refractivity contribution is -0.117. The first kappa shape index (κ1) is 13.0. The molecular weight excluding hydrogens is 248 g/mol. The number of rotatable bonds is 3. The van der Waals surface area contributed by atoms with Crippen molar-refractivity contribution in [2.45, 2.75) is 19.4 Å². The summed E-state index contributed by atoms with van der Waals surface area (Å²) in [5.74, 6) is 0.181. The maximum atomic E-state index is 11.7. The highest BCUT2D eigenvalue weighted by Gasteiger charge is 2.21. The number of nitrogens with zero attached hydrogens (tertiary/aromatic N) is 1. The topological polar surface area (TPSA) is 49.4 Å². The van der Waals surface area contributed by atoms with Crippen LogP contribution >= 0.6 is 11.8 Å². The monoisotopic (exact) mass is 264 g/mol. The summed E-state index contributed by atoms with van der Waals surface area (Å²) in [6.45, 7) is 1.29. The van der Waals surface area contributed by atoms with Gasteiger partial charge in [-0.05, 0) is 30.4 Å². The lowest BCUT2D eigenvalue weighted by Crippen LogP contribution is -2.24. The molecule has 1 aliphatic heterocycles. The van der Waals surface area contributed by atoms with E-state index in [1.165, 1.54) is 0 Å². The Kier molecular flexibility index (Phi) is 4.25. The van der Waals surface area contributed by atoms with Gasteiger partial charge in [0.1, 0.15) is 0 Å². The molecule has 2 rings (SSSR count). The van der Waals surface area contributed by atoms with Gasteiger partial charge in [-0.15, -0.1) is 0 Å². The first-order valence-corrected chi connectivity index (χ1v) is 7.14. The molecule has 1 fully saturated rings. The predicted molar refractivity (Wildman–Crippen MR) is 73.8 cm³/mol. The van der Waals surface area contributed by atoms with Crippen molar-refractivity contribution in [1.82, 2.24) is 5.32 Å². The Morgan fingerprint density at radius 2 is 2.33 bits per heavy atom. The first-order valence-electron chi connectivity index (χ1n) is 5.92. The normalized spacial score (nSPS) is 14.9. The van der Waals surface area contributed by atoms with Gasteiger partial charge in [0.25, 0.3) is 5.24 Å². The van der Waals surface area contributed by atoms with Gasteiger partial charge >= 0.3 is 0 Å². The maximum absolute atomic E-state index is 11.7. The molecule has 18 heavy (non-hydrogen) atoms. The Hall–Kier alpha value is -1.49. The Balaban J connectivity index is 2.05. The molecule has 0 radical (unpaired) electrons. The van der Waals surface area contributed by atoms with Crippen molar-refractivity contribution < 1.29 is 9.59 Å². The fourth-order valence-electron chi connectivity index (χ4n) is 2.00. The van der Waals surface area contributed by atoms with Crippen LogP contribution in [0.2, 0.25) is 0 Å². The van der Waals surface area contributed by atoms with Crippen LogP contribution in [0, 0.1) is 0 Å². The minimum absolute atomic E-state index is 0.0438. The maximum Gasteiger partial charge on any atom is 0.279 e. The fourth-order valence-corrected chi connectivity index (χ4v) is 2.22. The van der Waals surface area contributed by atoms with Crippen LogP contribution in [0.25, 0.3) is 0 Å². The molecular formula is C13H16N2O2S. The van der Waals surface area contributed by atoms with Gasteiger partial charge in [-0.3, -0.25) is 9.59 Å². The second-order valence-corrected chi connectivity index (χ2v) is 4.94. The van der Waals surface area contributed by atoms with Crippen LogP contribution in [0.15, 0.2) is 24.3 Å². The minimum atomic E-state index is -0.0438. The second kappa shape index (κ2) is 5.91. The second-order valence-electron chi connectivity index (χ2n) is 4.16. The van der Waals surface area contributed by atoms with E-state index in [0.29, 0.717) is 13.0 Å². The molecule has 0 bridgehead atoms. The van der Waals surface area contributed by atoms with Crippen LogP contribution in [-0.2, 0) is 11.3 Å². The van der Waals surface area contributed by atoms with Gasteiger partial charge in [0, 0.05) is 25.2 Å². The summed E-state index contributed by atoms with van der Waals surface area (Å²) in [4.78, 5) is 24.6. The van der Waals surface area contributed by atoms with Gasteiger partial charge in [-0.1, -0.05) is 23.9 Å². The molecule has 1 heterocycles. The molecule has 1 N–H and O–H groups in total. The number of amides is 2. The molecule has 96 valence electrons. The zero-order chi connectivity index (χ0) is 13.0. The third-order valence-electron chi connectivity index (χ3n) is 2.92. The molecule has 0 aliphatic carbocycles. The zero-order valence-corrected chi connectivity index (χ0v) is 11.1. The summed E-state index contributed by atoms with van der Waals surface area (Å²) >= 11 is 1.16. The van der Waals surface area contributed by atoms with Crippen molar-refractivity contribution in [3.8, 4) is 0 Å². The van der Waals surface area contributed by atoms with Crippen molar-refractivity contribution in [1.29, 1.82) is 0 Å². The van der Waals surface area contributed by atoms with E-state index in [1.807, 2.05) is 24.3 Å². The summed E-state index contributed by atoms with van der Waals surface area (Å²) < 4.78 is 0. The van der Waals surface area contributed by atoms with Gasteiger partial charge in [0.2, 0.25) is 5.91 Å². The highest BCUT2D eigenvalue weighted by atomic mass is 32.2. The molecule has 0 saturated carbocycles. The van der Waals surface area contributed by atoms with E-state index >= 15 is 0 Å². The number of carbonyl (C=O) groups excluding carboxylic acids is 2. The molecule has 4 nitrogen and oxygen atoms in total. The van der Waals surface area contributed by atoms with E-state index < -0.39 is 0 Å². The number of anilines is 1. The highest BCUT2D eigenvalue weighted by Crippen LogP contribution is 2.22. The van der Waals surface area contributed by atoms with Crippen LogP contribution in [0.5, 0.6) is 0 Å². The lowest BCUT2D eigenvalue weighted by Gasteiger charge is -2.16. The summed E-state index contributed by atoms with van der Waals surface area (Å²) in [6.07, 6.45) is 3.30. The average Bonchev–Trinajstić information content (AvgIpc) is 2.82. The van der Waals surface area contributed by atoms with Crippen molar-refractivity contribution in [3.05, 3.63) is 29.8 Å². The molecule has 0 atom stereocenters. The molecule has 2 amide bonds. The highest BCUT2D eigenvalue weighted by molar-refractivity contribution is 8.12. The Morgan fingerprint density at radius 1 is 1.50 bits per heavy atom. The van der Waals surface area contributed by atoms with Crippen molar-refractivity contribution in [2.75, 3.05) is 17.7 Å². The first-order chi connectivity index (χ1) is 8.70. The largest absolute Gasteiger partial charge is 0.343 e. The summed E-state index contributed by atoms with van der Waals surface area (Å²) in [5.41, 5.74) is 1.93. The number of hydrogen-bond acceptors (Lipinski definition) is 3. The molecule has 1 saturated heterocycles. The van der Waals surface area contributed by atoms with Crippen LogP contribution in [0.1, 0.15) is 18.4 Å². The van der Waals surface area contributed by atoms with Crippen LogP contribution in [-0.4, -0.2) is 23.9 Å². The van der Waals surface area contributed by atoms with Crippen LogP contribution < -0.4 is 10.2 Å². The Bertz CT molecular complexity index is 462. The Labute approximate surface area is 111 Å². The predicted octanol–water partition coefficient (Wildman–Crippen LogP) is 2.39. The third-order valence-corrected chi connectivity index (χ3v) is 3.43. The summed E-state index contributed by atoms with van der Waals surface area (Å²) in [5, 5.41) is 2.75. The van der Waals surface area contributed by atoms with E-state index in [2.05, 4.69) is 5.32 Å². The minimum Gasteiger partial charge on any atom is -0.343 e. The van der Waals surface area contributed by atoms with Crippen molar-refractivity contribution in [2.24, 2.45) is 0 Å². The fraction of sp³-hybridized carbons (Fsp3) is 0.385. The van der Waals surface area contributed by atoms with Crippen LogP contribution in [0.3, 0.4) is 0 Å². The van der Waals surface area contributed by atoms with E-state index in [4.69, 9.17) is 0 Å². The molecule has 1 aromatic carbocycles. The number of benzene rings is 1. The van der Waals surface area contributed by atoms with E-state index in [9.17, 15) is 9.59 Å². The van der Waals surface area contributed by atoms with Gasteiger partial charge in [-0.2, -0.15) is 0 Å². The number of hydrogen-bond donors (Lipinski definition) is 1. The van der Waals surface area contributed by atoms with Gasteiger partial charge in [-0.25, -0.2) is 0 Å². The molecule has 5 heteroatoms. The SMILES string of the molecule is CSC(=O)NCc1cccc(N2CCCC2=O)c1. The average molecular weight is 264 g/mol. The van der Waals surface area contributed by atoms with Crippen molar-refractivity contribution >= 4 is 28.6 Å². The Morgan fingerprint density at radius 3 is 3.00 bits per heavy atom. The van der Waals surface area contributed by atoms with E-state index in [1.54, 1.807) is 11.2 Å². The molecule has 0 unspecified atom stereocenters. The number of nitrogens with one attached hydrogen (secondary N) is 1. The van der Waals surface area contributed by atoms with E-state index in [0.717, 1.165) is 36.0 Å². The van der Waals surface area contributed by atoms with Crippen molar-refractivity contribution in [3.63, 3.8) is 0 Å². The molecule has 1 aliphatic rings. The molecule has 1 aromatic rings.